The molecule has 0 aromatic heterocycles. The summed E-state index contributed by atoms with van der Waals surface area (Å²) in [4.78, 5) is 9.99. The molecule has 0 aliphatic heterocycles. The van der Waals surface area contributed by atoms with Crippen LogP contribution in [0.15, 0.2) is 0 Å². The number of hydrogen-bond acceptors (Lipinski definition) is 4. The fraction of sp³-hybridized carbons (Fsp3) is 0.667. The fourth-order valence-corrected chi connectivity index (χ4v) is 0.582. The Kier molecular flexibility index (Phi) is 3.31. The summed E-state index contributed by atoms with van der Waals surface area (Å²) >= 11 is 0. The van der Waals surface area contributed by atoms with E-state index in [2.05, 4.69) is 0 Å². The monoisotopic (exact) mass is 136 g/mol. The van der Waals surface area contributed by atoms with Crippen molar-refractivity contribution in [3.8, 4) is 0 Å². The highest BCUT2D eigenvalue weighted by Crippen LogP contribution is 2.00. The molecule has 4 nitrogen and oxygen atoms in total. The number of rotatable bonds is 3. The Hall–Kier alpha value is -0.470. The molecule has 0 bridgehead atoms. The number of carbonyl (C=O) groups is 1. The quantitative estimate of drug-likeness (QED) is 0.541. The highest BCUT2D eigenvalue weighted by molar-refractivity contribution is 7.32. The Morgan fingerprint density at radius 1 is 1.50 bits per heavy atom. The van der Waals surface area contributed by atoms with Crippen molar-refractivity contribution in [3.63, 3.8) is 0 Å². The van der Waals surface area contributed by atoms with Crippen LogP contribution in [-0.2, 0) is 13.9 Å². The van der Waals surface area contributed by atoms with Crippen molar-refractivity contribution >= 4 is 13.5 Å². The molecule has 8 heavy (non-hydrogen) atoms. The molecule has 0 amide bonds. The summed E-state index contributed by atoms with van der Waals surface area (Å²) in [6.45, 7) is -0.691. The van der Waals surface area contributed by atoms with Gasteiger partial charge in [-0.25, -0.2) is 9.13 Å². The van der Waals surface area contributed by atoms with Gasteiger partial charge in [0.15, 0.2) is 5.78 Å². The number of aliphatic hydroxyl groups excluding tert-OH is 1. The lowest BCUT2D eigenvalue weighted by Crippen LogP contribution is -2.04. The zero-order valence-electron chi connectivity index (χ0n) is 4.03. The van der Waals surface area contributed by atoms with E-state index in [0.717, 1.165) is 0 Å². The first-order valence-corrected chi connectivity index (χ1v) is 3.27. The normalized spacial score (nSPS) is 8.62. The van der Waals surface area contributed by atoms with Gasteiger partial charge in [-0.1, -0.05) is 0 Å². The first-order chi connectivity index (χ1) is 3.66. The topological polar surface area (TPSA) is 71.4 Å². The van der Waals surface area contributed by atoms with E-state index in [1.165, 1.54) is 0 Å². The summed E-state index contributed by atoms with van der Waals surface area (Å²) < 4.78 is 19.3. The molecule has 0 aliphatic rings. The molecule has 1 N–H and O–H groups in total. The molecule has 0 spiro atoms. The summed E-state index contributed by atoms with van der Waals surface area (Å²) in [7, 11) is -2.66. The van der Waals surface area contributed by atoms with Crippen LogP contribution in [0.2, 0.25) is 0 Å². The Labute approximate surface area is 46.3 Å². The zero-order valence-corrected chi connectivity index (χ0v) is 4.93. The Morgan fingerprint density at radius 3 is 2.12 bits per heavy atom. The fourth-order valence-electron chi connectivity index (χ4n) is 0.194. The lowest BCUT2D eigenvalue weighted by Gasteiger charge is -1.80. The molecule has 0 aliphatic carbocycles. The molecule has 0 unspecified atom stereocenters. The summed E-state index contributed by atoms with van der Waals surface area (Å²) in [6, 6.07) is 0. The van der Waals surface area contributed by atoms with Crippen LogP contribution < -0.4 is 0 Å². The third kappa shape index (κ3) is 3.71. The molecule has 0 aromatic rings. The van der Waals surface area contributed by atoms with Gasteiger partial charge in [-0.05, 0) is 0 Å². The van der Waals surface area contributed by atoms with Crippen LogP contribution in [0.5, 0.6) is 0 Å². The minimum absolute atomic E-state index is 0.550. The van der Waals surface area contributed by atoms with Crippen molar-refractivity contribution in [1.29, 1.82) is 0 Å². The predicted molar refractivity (Wildman–Crippen MR) is 25.3 cm³/mol. The van der Waals surface area contributed by atoms with Crippen molar-refractivity contribution < 1.29 is 19.0 Å². The SMILES string of the molecule is O=C(CO)CP(=O)=O. The molecule has 46 valence electrons. The molecule has 0 saturated carbocycles. The van der Waals surface area contributed by atoms with E-state index in [1.54, 1.807) is 0 Å². The molecule has 0 aromatic carbocycles. The first kappa shape index (κ1) is 7.53. The summed E-state index contributed by atoms with van der Waals surface area (Å²) in [5.41, 5.74) is 0. The van der Waals surface area contributed by atoms with Gasteiger partial charge in [0.2, 0.25) is 0 Å². The summed E-state index contributed by atoms with van der Waals surface area (Å²) in [5.74, 6) is -0.666. The minimum atomic E-state index is -2.66. The van der Waals surface area contributed by atoms with Crippen LogP contribution >= 0.6 is 7.68 Å². The van der Waals surface area contributed by atoms with Gasteiger partial charge >= 0.3 is 7.68 Å². The number of Topliss-reactive ketones (excluding diaryl/α,β-unsaturated/α-hetero) is 1. The van der Waals surface area contributed by atoms with E-state index in [1.807, 2.05) is 0 Å². The standard InChI is InChI=1S/C3H5O4P/c4-1-3(5)2-8(6)7/h4H,1-2H2. The first-order valence-electron chi connectivity index (χ1n) is 1.91. The molecule has 0 rings (SSSR count). The van der Waals surface area contributed by atoms with Gasteiger partial charge in [0.05, 0.1) is 0 Å². The van der Waals surface area contributed by atoms with Crippen molar-refractivity contribution in [2.45, 2.75) is 0 Å². The molecule has 0 radical (unpaired) electrons. The van der Waals surface area contributed by atoms with Crippen molar-refractivity contribution in [1.82, 2.24) is 0 Å². The number of hydrogen-bond donors (Lipinski definition) is 1. The molecular formula is C3H5O4P. The molecule has 0 heterocycles. The number of carbonyl (C=O) groups excluding carboxylic acids is 1. The Balaban J connectivity index is 3.56. The second-order valence-electron chi connectivity index (χ2n) is 1.19. The van der Waals surface area contributed by atoms with Crippen LogP contribution in [-0.4, -0.2) is 23.7 Å². The van der Waals surface area contributed by atoms with Crippen molar-refractivity contribution in [2.24, 2.45) is 0 Å². The summed E-state index contributed by atoms with van der Waals surface area (Å²) in [6.07, 6.45) is -0.550. The van der Waals surface area contributed by atoms with Gasteiger partial charge in [-0.3, -0.25) is 4.79 Å². The lowest BCUT2D eigenvalue weighted by molar-refractivity contribution is -0.119. The highest BCUT2D eigenvalue weighted by Gasteiger charge is 2.00. The van der Waals surface area contributed by atoms with Crippen LogP contribution in [0.3, 0.4) is 0 Å². The van der Waals surface area contributed by atoms with Gasteiger partial charge in [-0.15, -0.1) is 0 Å². The molecular weight excluding hydrogens is 131 g/mol. The zero-order chi connectivity index (χ0) is 6.57. The maximum Gasteiger partial charge on any atom is 0.323 e. The van der Waals surface area contributed by atoms with E-state index < -0.39 is 26.2 Å². The van der Waals surface area contributed by atoms with Crippen molar-refractivity contribution in [2.75, 3.05) is 12.8 Å². The smallest absolute Gasteiger partial charge is 0.323 e. The maximum atomic E-state index is 9.99. The third-order valence-electron chi connectivity index (χ3n) is 0.482. The van der Waals surface area contributed by atoms with Crippen LogP contribution in [0.25, 0.3) is 0 Å². The Morgan fingerprint density at radius 2 is 2.00 bits per heavy atom. The van der Waals surface area contributed by atoms with Crippen LogP contribution in [0, 0.1) is 0 Å². The van der Waals surface area contributed by atoms with Crippen LogP contribution in [0.4, 0.5) is 0 Å². The predicted octanol–water partition coefficient (Wildman–Crippen LogP) is -0.279. The van der Waals surface area contributed by atoms with Gasteiger partial charge < -0.3 is 5.11 Å². The van der Waals surface area contributed by atoms with E-state index >= 15 is 0 Å². The second kappa shape index (κ2) is 3.52. The van der Waals surface area contributed by atoms with Gasteiger partial charge in [0.1, 0.15) is 12.8 Å². The number of ketones is 1. The second-order valence-corrected chi connectivity index (χ2v) is 2.17. The van der Waals surface area contributed by atoms with E-state index in [-0.39, 0.29) is 0 Å². The average Bonchev–Trinajstić information content (AvgIpc) is 1.65. The number of aliphatic hydroxyl groups is 1. The van der Waals surface area contributed by atoms with Crippen molar-refractivity contribution in [3.05, 3.63) is 0 Å². The molecule has 0 fully saturated rings. The molecule has 5 heteroatoms. The van der Waals surface area contributed by atoms with Gasteiger partial charge in [0.25, 0.3) is 0 Å². The van der Waals surface area contributed by atoms with Gasteiger partial charge in [-0.2, -0.15) is 0 Å². The minimum Gasteiger partial charge on any atom is -0.389 e. The molecule has 0 atom stereocenters. The largest absolute Gasteiger partial charge is 0.389 e. The molecule has 0 saturated heterocycles. The van der Waals surface area contributed by atoms with E-state index in [4.69, 9.17) is 5.11 Å². The lowest BCUT2D eigenvalue weighted by atomic mass is 10.5. The summed E-state index contributed by atoms with van der Waals surface area (Å²) in [5, 5.41) is 7.97. The highest BCUT2D eigenvalue weighted by atomic mass is 31.1. The third-order valence-corrected chi connectivity index (χ3v) is 1.09. The van der Waals surface area contributed by atoms with Crippen LogP contribution in [0.1, 0.15) is 0 Å². The maximum absolute atomic E-state index is 9.99. The van der Waals surface area contributed by atoms with E-state index in [9.17, 15) is 13.9 Å². The van der Waals surface area contributed by atoms with E-state index in [0.29, 0.717) is 0 Å². The average molecular weight is 136 g/mol. The van der Waals surface area contributed by atoms with Gasteiger partial charge in [0, 0.05) is 0 Å². The Bertz CT molecular complexity index is 139.